The number of hydrogen-bond acceptors (Lipinski definition) is 3. The van der Waals surface area contributed by atoms with E-state index in [-0.39, 0.29) is 18.2 Å². The highest BCUT2D eigenvalue weighted by Gasteiger charge is 2.14. The Bertz CT molecular complexity index is 649. The van der Waals surface area contributed by atoms with E-state index < -0.39 is 6.61 Å². The molecular weight excluding hydrogens is 432 g/mol. The molecule has 0 radical (unpaired) electrons. The predicted molar refractivity (Wildman–Crippen MR) is 84.0 cm³/mol. The standard InChI is InChI=1S/C13H9Br2F2NO2S/c14-8-1-2-10(20-13(16)17)7(5-8)6-18-12(19)11-9(15)3-4-21-11/h1-5,13H,6H2,(H,18,19). The second-order valence-electron chi connectivity index (χ2n) is 3.91. The van der Waals surface area contributed by atoms with E-state index in [0.29, 0.717) is 19.4 Å². The minimum atomic E-state index is -2.91. The number of amides is 1. The van der Waals surface area contributed by atoms with Crippen LogP contribution in [-0.2, 0) is 6.54 Å². The first kappa shape index (κ1) is 16.4. The summed E-state index contributed by atoms with van der Waals surface area (Å²) in [6.45, 7) is -2.82. The van der Waals surface area contributed by atoms with Crippen LogP contribution in [0, 0.1) is 0 Å². The molecule has 0 aliphatic carbocycles. The van der Waals surface area contributed by atoms with Crippen molar-refractivity contribution >= 4 is 49.1 Å². The molecule has 112 valence electrons. The number of hydrogen-bond donors (Lipinski definition) is 1. The fraction of sp³-hybridized carbons (Fsp3) is 0.154. The molecule has 0 aliphatic heterocycles. The summed E-state index contributed by atoms with van der Waals surface area (Å²) in [4.78, 5) is 12.5. The van der Waals surface area contributed by atoms with Crippen molar-refractivity contribution in [2.24, 2.45) is 0 Å². The van der Waals surface area contributed by atoms with Crippen LogP contribution in [0.25, 0.3) is 0 Å². The molecule has 0 aliphatic rings. The molecule has 0 saturated heterocycles. The Morgan fingerprint density at radius 1 is 1.33 bits per heavy atom. The molecule has 1 amide bonds. The van der Waals surface area contributed by atoms with Crippen LogP contribution in [-0.4, -0.2) is 12.5 Å². The highest BCUT2D eigenvalue weighted by Crippen LogP contribution is 2.26. The van der Waals surface area contributed by atoms with E-state index in [4.69, 9.17) is 0 Å². The molecule has 1 aromatic carbocycles. The van der Waals surface area contributed by atoms with Gasteiger partial charge in [-0.25, -0.2) is 0 Å². The Hall–Kier alpha value is -0.990. The molecule has 0 fully saturated rings. The number of ether oxygens (including phenoxy) is 1. The summed E-state index contributed by atoms with van der Waals surface area (Å²) < 4.78 is 30.5. The molecule has 1 N–H and O–H groups in total. The third-order valence-electron chi connectivity index (χ3n) is 2.50. The van der Waals surface area contributed by atoms with Gasteiger partial charge in [0.15, 0.2) is 0 Å². The molecule has 3 nitrogen and oxygen atoms in total. The van der Waals surface area contributed by atoms with E-state index in [1.165, 1.54) is 17.4 Å². The number of rotatable bonds is 5. The van der Waals surface area contributed by atoms with Crippen LogP contribution >= 0.6 is 43.2 Å². The molecule has 0 saturated carbocycles. The van der Waals surface area contributed by atoms with Gasteiger partial charge in [-0.3, -0.25) is 4.79 Å². The molecule has 0 unspecified atom stereocenters. The van der Waals surface area contributed by atoms with Crippen LogP contribution in [0.1, 0.15) is 15.2 Å². The van der Waals surface area contributed by atoms with Gasteiger partial charge in [-0.1, -0.05) is 15.9 Å². The normalized spacial score (nSPS) is 10.7. The maximum atomic E-state index is 12.4. The lowest BCUT2D eigenvalue weighted by molar-refractivity contribution is -0.0504. The number of halogens is 4. The van der Waals surface area contributed by atoms with Gasteiger partial charge in [-0.2, -0.15) is 8.78 Å². The van der Waals surface area contributed by atoms with Gasteiger partial charge < -0.3 is 10.1 Å². The first-order valence-corrected chi connectivity index (χ1v) is 8.18. The Morgan fingerprint density at radius 2 is 2.10 bits per heavy atom. The highest BCUT2D eigenvalue weighted by atomic mass is 79.9. The van der Waals surface area contributed by atoms with Crippen molar-refractivity contribution in [3.05, 3.63) is 49.0 Å². The first-order valence-electron chi connectivity index (χ1n) is 5.72. The number of nitrogens with one attached hydrogen (secondary N) is 1. The number of benzene rings is 1. The maximum Gasteiger partial charge on any atom is 0.387 e. The van der Waals surface area contributed by atoms with Crippen LogP contribution in [0.5, 0.6) is 5.75 Å². The van der Waals surface area contributed by atoms with Crippen molar-refractivity contribution in [2.75, 3.05) is 0 Å². The molecule has 21 heavy (non-hydrogen) atoms. The summed E-state index contributed by atoms with van der Waals surface area (Å²) >= 11 is 7.82. The van der Waals surface area contributed by atoms with Gasteiger partial charge in [0, 0.05) is 21.1 Å². The van der Waals surface area contributed by atoms with Gasteiger partial charge in [0.25, 0.3) is 5.91 Å². The number of carbonyl (C=O) groups excluding carboxylic acids is 1. The zero-order valence-corrected chi connectivity index (χ0v) is 14.4. The summed E-state index contributed by atoms with van der Waals surface area (Å²) in [6.07, 6.45) is 0. The second-order valence-corrected chi connectivity index (χ2v) is 6.60. The van der Waals surface area contributed by atoms with Gasteiger partial charge in [0.05, 0.1) is 0 Å². The Balaban J connectivity index is 2.10. The smallest absolute Gasteiger partial charge is 0.387 e. The number of carbonyl (C=O) groups is 1. The predicted octanol–water partition coefficient (Wildman–Crippen LogP) is 4.80. The molecular formula is C13H9Br2F2NO2S. The van der Waals surface area contributed by atoms with Crippen LogP contribution < -0.4 is 10.1 Å². The van der Waals surface area contributed by atoms with Gasteiger partial charge in [-0.05, 0) is 45.6 Å². The minimum absolute atomic E-state index is 0.0405. The van der Waals surface area contributed by atoms with E-state index in [1.54, 1.807) is 23.6 Å². The van der Waals surface area contributed by atoms with E-state index >= 15 is 0 Å². The van der Waals surface area contributed by atoms with Gasteiger partial charge in [0.2, 0.25) is 0 Å². The quantitative estimate of drug-likeness (QED) is 0.724. The Kier molecular flexibility index (Phi) is 5.72. The maximum absolute atomic E-state index is 12.4. The van der Waals surface area contributed by atoms with Crippen molar-refractivity contribution in [2.45, 2.75) is 13.2 Å². The largest absolute Gasteiger partial charge is 0.434 e. The fourth-order valence-corrected chi connectivity index (χ4v) is 3.48. The first-order chi connectivity index (χ1) is 9.97. The monoisotopic (exact) mass is 439 g/mol. The van der Waals surface area contributed by atoms with Crippen molar-refractivity contribution in [1.82, 2.24) is 5.32 Å². The van der Waals surface area contributed by atoms with E-state index in [9.17, 15) is 13.6 Å². The van der Waals surface area contributed by atoms with Crippen LogP contribution in [0.2, 0.25) is 0 Å². The third kappa shape index (κ3) is 4.49. The molecule has 1 aromatic heterocycles. The summed E-state index contributed by atoms with van der Waals surface area (Å²) in [5.74, 6) is -0.237. The fourth-order valence-electron chi connectivity index (χ4n) is 1.61. The van der Waals surface area contributed by atoms with Crippen molar-refractivity contribution < 1.29 is 18.3 Å². The molecule has 2 rings (SSSR count). The minimum Gasteiger partial charge on any atom is -0.434 e. The Morgan fingerprint density at radius 3 is 2.71 bits per heavy atom. The molecule has 1 heterocycles. The summed E-state index contributed by atoms with van der Waals surface area (Å²) in [7, 11) is 0. The van der Waals surface area contributed by atoms with Crippen LogP contribution in [0.4, 0.5) is 8.78 Å². The summed E-state index contributed by atoms with van der Waals surface area (Å²) in [6, 6.07) is 6.42. The zero-order valence-electron chi connectivity index (χ0n) is 10.4. The van der Waals surface area contributed by atoms with Crippen molar-refractivity contribution in [3.63, 3.8) is 0 Å². The van der Waals surface area contributed by atoms with Crippen LogP contribution in [0.15, 0.2) is 38.6 Å². The molecule has 0 bridgehead atoms. The topological polar surface area (TPSA) is 38.3 Å². The van der Waals surface area contributed by atoms with Crippen molar-refractivity contribution in [3.8, 4) is 5.75 Å². The zero-order chi connectivity index (χ0) is 15.4. The van der Waals surface area contributed by atoms with E-state index in [0.717, 1.165) is 0 Å². The second kappa shape index (κ2) is 7.33. The number of alkyl halides is 2. The molecule has 2 aromatic rings. The van der Waals surface area contributed by atoms with Crippen LogP contribution in [0.3, 0.4) is 0 Å². The molecule has 0 spiro atoms. The van der Waals surface area contributed by atoms with Gasteiger partial charge >= 0.3 is 6.61 Å². The third-order valence-corrected chi connectivity index (χ3v) is 4.83. The van der Waals surface area contributed by atoms with Gasteiger partial charge in [0.1, 0.15) is 10.6 Å². The Labute approximate surface area is 140 Å². The average molecular weight is 441 g/mol. The summed E-state index contributed by atoms with van der Waals surface area (Å²) in [5, 5.41) is 4.46. The highest BCUT2D eigenvalue weighted by molar-refractivity contribution is 9.10. The van der Waals surface area contributed by atoms with E-state index in [2.05, 4.69) is 41.9 Å². The van der Waals surface area contributed by atoms with E-state index in [1.807, 2.05) is 0 Å². The lowest BCUT2D eigenvalue weighted by Gasteiger charge is -2.12. The average Bonchev–Trinajstić information content (AvgIpc) is 2.84. The van der Waals surface area contributed by atoms with Gasteiger partial charge in [-0.15, -0.1) is 11.3 Å². The molecule has 0 atom stereocenters. The SMILES string of the molecule is O=C(NCc1cc(Br)ccc1OC(F)F)c1sccc1Br. The summed E-state index contributed by atoms with van der Waals surface area (Å²) in [5.41, 5.74) is 0.464. The van der Waals surface area contributed by atoms with Crippen molar-refractivity contribution in [1.29, 1.82) is 0 Å². The lowest BCUT2D eigenvalue weighted by atomic mass is 10.2. The lowest BCUT2D eigenvalue weighted by Crippen LogP contribution is -2.22. The number of thiophene rings is 1. The molecule has 8 heteroatoms.